The van der Waals surface area contributed by atoms with Crippen LogP contribution in [0.3, 0.4) is 0 Å². The van der Waals surface area contributed by atoms with E-state index in [4.69, 9.17) is 0 Å². The molecule has 55 heavy (non-hydrogen) atoms. The van der Waals surface area contributed by atoms with E-state index in [9.17, 15) is 0 Å². The number of benzene rings is 9. The Labute approximate surface area is 322 Å². The molecule has 2 nitrogen and oxygen atoms in total. The fourth-order valence-electron chi connectivity index (χ4n) is 9.05. The summed E-state index contributed by atoms with van der Waals surface area (Å²) in [6.45, 7) is 0. The number of fused-ring (bicyclic) bond motifs is 9. The molecule has 0 amide bonds. The summed E-state index contributed by atoms with van der Waals surface area (Å²) in [5.41, 5.74) is 14.7. The van der Waals surface area contributed by atoms with Crippen LogP contribution in [-0.2, 0) is 0 Å². The molecule has 0 aliphatic carbocycles. The van der Waals surface area contributed by atoms with Crippen LogP contribution in [0.25, 0.3) is 99.1 Å². The molecule has 0 fully saturated rings. The molecule has 256 valence electrons. The number of rotatable bonds is 4. The van der Waals surface area contributed by atoms with Gasteiger partial charge in [-0.05, 0) is 105 Å². The zero-order chi connectivity index (χ0) is 36.0. The average molecular weight is 717 g/mol. The van der Waals surface area contributed by atoms with Crippen LogP contribution in [0.15, 0.2) is 204 Å². The third-order valence-electron chi connectivity index (χ3n) is 11.5. The minimum absolute atomic E-state index is 1.15. The molecular formula is C52H32N2S. The van der Waals surface area contributed by atoms with Gasteiger partial charge < -0.3 is 9.13 Å². The second-order valence-corrected chi connectivity index (χ2v) is 15.6. The molecule has 3 heterocycles. The van der Waals surface area contributed by atoms with Crippen molar-refractivity contribution in [3.8, 4) is 44.8 Å². The van der Waals surface area contributed by atoms with Gasteiger partial charge >= 0.3 is 0 Å². The fourth-order valence-corrected chi connectivity index (χ4v) is 10.2. The molecule has 11 aromatic rings. The normalized spacial score (nSPS) is 12.3. The molecule has 12 rings (SSSR count). The summed E-state index contributed by atoms with van der Waals surface area (Å²) in [6, 6.07) is 71.4. The van der Waals surface area contributed by atoms with Gasteiger partial charge in [-0.15, -0.1) is 0 Å². The summed E-state index contributed by atoms with van der Waals surface area (Å²) in [6.07, 6.45) is 0. The Morgan fingerprint density at radius 3 is 1.76 bits per heavy atom. The van der Waals surface area contributed by atoms with E-state index in [-0.39, 0.29) is 0 Å². The van der Waals surface area contributed by atoms with E-state index in [0.717, 1.165) is 5.69 Å². The van der Waals surface area contributed by atoms with Crippen LogP contribution in [-0.4, -0.2) is 9.13 Å². The Morgan fingerprint density at radius 2 is 0.891 bits per heavy atom. The van der Waals surface area contributed by atoms with Gasteiger partial charge in [0.2, 0.25) is 0 Å². The number of para-hydroxylation sites is 2. The lowest BCUT2D eigenvalue weighted by molar-refractivity contribution is 1.18. The first-order chi connectivity index (χ1) is 27.3. The number of hydrogen-bond donors (Lipinski definition) is 0. The Morgan fingerprint density at radius 1 is 0.291 bits per heavy atom. The van der Waals surface area contributed by atoms with Gasteiger partial charge in [0.05, 0.1) is 22.1 Å². The SMILES string of the molecule is c1ccc(-c2ccc3c4ccccc4n(-c4ccc(-c5ccc6c(c5)c5c7cccc8c7c(cc5n6-c5ccccc5)-c5ccccc5S8)cc4)c3c2)cc1. The molecule has 0 saturated heterocycles. The lowest BCUT2D eigenvalue weighted by Crippen LogP contribution is -1.96. The predicted octanol–water partition coefficient (Wildman–Crippen LogP) is 14.5. The number of nitrogens with zero attached hydrogens (tertiary/aromatic N) is 2. The summed E-state index contributed by atoms with van der Waals surface area (Å²) in [5, 5.41) is 7.75. The predicted molar refractivity (Wildman–Crippen MR) is 233 cm³/mol. The highest BCUT2D eigenvalue weighted by Gasteiger charge is 2.24. The van der Waals surface area contributed by atoms with E-state index in [1.807, 2.05) is 11.8 Å². The summed E-state index contributed by atoms with van der Waals surface area (Å²) in [4.78, 5) is 2.63. The third kappa shape index (κ3) is 4.57. The van der Waals surface area contributed by atoms with Crippen molar-refractivity contribution >= 4 is 66.1 Å². The van der Waals surface area contributed by atoms with E-state index in [1.54, 1.807) is 0 Å². The first kappa shape index (κ1) is 30.6. The maximum atomic E-state index is 2.45. The summed E-state index contributed by atoms with van der Waals surface area (Å²) in [7, 11) is 0. The Kier molecular flexibility index (Phi) is 6.60. The van der Waals surface area contributed by atoms with Crippen LogP contribution < -0.4 is 0 Å². The van der Waals surface area contributed by atoms with Crippen molar-refractivity contribution < 1.29 is 0 Å². The monoisotopic (exact) mass is 716 g/mol. The van der Waals surface area contributed by atoms with Gasteiger partial charge in [0.25, 0.3) is 0 Å². The zero-order valence-corrected chi connectivity index (χ0v) is 30.6. The van der Waals surface area contributed by atoms with Gasteiger partial charge in [-0.25, -0.2) is 0 Å². The minimum Gasteiger partial charge on any atom is -0.309 e. The summed E-state index contributed by atoms with van der Waals surface area (Å²) in [5.74, 6) is 0. The van der Waals surface area contributed by atoms with Crippen LogP contribution in [0.1, 0.15) is 0 Å². The van der Waals surface area contributed by atoms with Crippen molar-refractivity contribution in [2.75, 3.05) is 0 Å². The second kappa shape index (κ2) is 11.8. The highest BCUT2D eigenvalue weighted by atomic mass is 32.2. The molecule has 2 aromatic heterocycles. The zero-order valence-electron chi connectivity index (χ0n) is 29.8. The molecule has 0 radical (unpaired) electrons. The molecule has 9 aromatic carbocycles. The Balaban J connectivity index is 1.05. The lowest BCUT2D eigenvalue weighted by Gasteiger charge is -2.21. The molecular weight excluding hydrogens is 685 g/mol. The maximum absolute atomic E-state index is 2.45. The fraction of sp³-hybridized carbons (Fsp3) is 0. The van der Waals surface area contributed by atoms with Crippen molar-refractivity contribution in [3.63, 3.8) is 0 Å². The Bertz CT molecular complexity index is 3320. The molecule has 0 saturated carbocycles. The van der Waals surface area contributed by atoms with E-state index < -0.39 is 0 Å². The van der Waals surface area contributed by atoms with Crippen molar-refractivity contribution in [2.45, 2.75) is 9.79 Å². The Hall–Kier alpha value is -6.81. The smallest absolute Gasteiger partial charge is 0.0553 e. The number of hydrogen-bond acceptors (Lipinski definition) is 1. The van der Waals surface area contributed by atoms with Crippen molar-refractivity contribution in [1.29, 1.82) is 0 Å². The van der Waals surface area contributed by atoms with E-state index in [1.165, 1.54) is 103 Å². The van der Waals surface area contributed by atoms with Gasteiger partial charge in [-0.1, -0.05) is 139 Å². The summed E-state index contributed by atoms with van der Waals surface area (Å²) < 4.78 is 4.87. The highest BCUT2D eigenvalue weighted by Crippen LogP contribution is 2.51. The molecule has 1 aliphatic heterocycles. The first-order valence-electron chi connectivity index (χ1n) is 18.8. The van der Waals surface area contributed by atoms with Crippen molar-refractivity contribution in [2.24, 2.45) is 0 Å². The molecule has 0 N–H and O–H groups in total. The van der Waals surface area contributed by atoms with Crippen molar-refractivity contribution in [1.82, 2.24) is 9.13 Å². The van der Waals surface area contributed by atoms with Crippen LogP contribution in [0, 0.1) is 0 Å². The van der Waals surface area contributed by atoms with E-state index >= 15 is 0 Å². The van der Waals surface area contributed by atoms with Crippen LogP contribution in [0.5, 0.6) is 0 Å². The van der Waals surface area contributed by atoms with Crippen LogP contribution in [0.4, 0.5) is 0 Å². The van der Waals surface area contributed by atoms with Crippen LogP contribution in [0.2, 0.25) is 0 Å². The molecule has 0 atom stereocenters. The molecule has 3 heteroatoms. The molecule has 0 spiro atoms. The third-order valence-corrected chi connectivity index (χ3v) is 12.6. The minimum atomic E-state index is 1.15. The summed E-state index contributed by atoms with van der Waals surface area (Å²) >= 11 is 1.88. The topological polar surface area (TPSA) is 9.86 Å². The lowest BCUT2D eigenvalue weighted by atomic mass is 9.93. The van der Waals surface area contributed by atoms with Gasteiger partial charge in [0.1, 0.15) is 0 Å². The van der Waals surface area contributed by atoms with Gasteiger partial charge in [-0.3, -0.25) is 0 Å². The van der Waals surface area contributed by atoms with Gasteiger partial charge in [0, 0.05) is 48.1 Å². The standard InChI is InChI=1S/C52H32N2S/c1-3-12-33(13-4-1)36-24-28-40-39-16-7-9-19-45(39)53(47(40)31-36)38-26-22-34(23-27-38)35-25-29-46-44(30-35)51-42-18-11-21-50-52(42)43(41-17-8-10-20-49(41)55-50)32-48(51)54(46)37-14-5-2-6-15-37/h1-32H. The van der Waals surface area contributed by atoms with Crippen molar-refractivity contribution in [3.05, 3.63) is 194 Å². The molecule has 0 unspecified atom stereocenters. The van der Waals surface area contributed by atoms with E-state index in [0.29, 0.717) is 0 Å². The average Bonchev–Trinajstić information content (AvgIpc) is 3.76. The number of aromatic nitrogens is 2. The second-order valence-electron chi connectivity index (χ2n) is 14.5. The quantitative estimate of drug-likeness (QED) is 0.176. The largest absolute Gasteiger partial charge is 0.309 e. The molecule has 0 bridgehead atoms. The van der Waals surface area contributed by atoms with E-state index in [2.05, 4.69) is 203 Å². The van der Waals surface area contributed by atoms with Gasteiger partial charge in [-0.2, -0.15) is 0 Å². The van der Waals surface area contributed by atoms with Crippen LogP contribution >= 0.6 is 11.8 Å². The first-order valence-corrected chi connectivity index (χ1v) is 19.7. The maximum Gasteiger partial charge on any atom is 0.0553 e. The highest BCUT2D eigenvalue weighted by molar-refractivity contribution is 7.99. The van der Waals surface area contributed by atoms with Gasteiger partial charge in [0.15, 0.2) is 0 Å². The molecule has 1 aliphatic rings.